The van der Waals surface area contributed by atoms with E-state index < -0.39 is 0 Å². The molecule has 1 aliphatic heterocycles. The number of amides is 1. The number of nitrogens with zero attached hydrogens (tertiary/aromatic N) is 3. The van der Waals surface area contributed by atoms with Crippen molar-refractivity contribution in [2.24, 2.45) is 0 Å². The number of nitrogens with one attached hydrogen (secondary N) is 1. The molecule has 1 amide bonds. The first-order chi connectivity index (χ1) is 13.1. The molecule has 0 aliphatic carbocycles. The number of carbonyl (C=O) groups excluding carboxylic acids is 1. The van der Waals surface area contributed by atoms with Gasteiger partial charge in [-0.2, -0.15) is 5.10 Å². The Kier molecular flexibility index (Phi) is 4.62. The smallest absolute Gasteiger partial charge is 0.254 e. The zero-order valence-electron chi connectivity index (χ0n) is 15.2. The molecule has 1 N–H and O–H groups in total. The maximum atomic E-state index is 13.7. The van der Waals surface area contributed by atoms with Crippen LogP contribution in [0.2, 0.25) is 0 Å². The highest BCUT2D eigenvalue weighted by Crippen LogP contribution is 2.23. The van der Waals surface area contributed by atoms with Gasteiger partial charge in [-0.1, -0.05) is 36.4 Å². The summed E-state index contributed by atoms with van der Waals surface area (Å²) < 4.78 is 13.7. The summed E-state index contributed by atoms with van der Waals surface area (Å²) in [5.41, 5.74) is 3.01. The fourth-order valence-electron chi connectivity index (χ4n) is 3.29. The minimum Gasteiger partial charge on any atom is -0.352 e. The fourth-order valence-corrected chi connectivity index (χ4v) is 3.29. The van der Waals surface area contributed by atoms with Gasteiger partial charge in [0.2, 0.25) is 0 Å². The van der Waals surface area contributed by atoms with E-state index in [1.54, 1.807) is 24.0 Å². The van der Waals surface area contributed by atoms with Crippen LogP contribution in [0.1, 0.15) is 15.9 Å². The second-order valence-corrected chi connectivity index (χ2v) is 6.75. The second-order valence-electron chi connectivity index (χ2n) is 6.75. The molecule has 0 unspecified atom stereocenters. The Hall–Kier alpha value is -3.15. The Bertz CT molecular complexity index is 946. The van der Waals surface area contributed by atoms with E-state index in [2.05, 4.69) is 15.1 Å². The van der Waals surface area contributed by atoms with Crippen LogP contribution in [-0.4, -0.2) is 47.2 Å². The van der Waals surface area contributed by atoms with Crippen molar-refractivity contribution in [2.75, 3.05) is 31.1 Å². The molecule has 1 fully saturated rings. The van der Waals surface area contributed by atoms with E-state index in [-0.39, 0.29) is 11.7 Å². The molecule has 0 spiro atoms. The minimum atomic E-state index is -0.343. The first-order valence-electron chi connectivity index (χ1n) is 9.03. The minimum absolute atomic E-state index is 0.124. The van der Waals surface area contributed by atoms with Gasteiger partial charge in [0.25, 0.3) is 5.91 Å². The molecule has 0 radical (unpaired) electrons. The highest BCUT2D eigenvalue weighted by molar-refractivity contribution is 5.94. The Labute approximate surface area is 157 Å². The summed E-state index contributed by atoms with van der Waals surface area (Å²) in [5, 5.41) is 7.49. The van der Waals surface area contributed by atoms with E-state index in [9.17, 15) is 9.18 Å². The van der Waals surface area contributed by atoms with Crippen LogP contribution in [0.15, 0.2) is 54.6 Å². The Morgan fingerprint density at radius 3 is 2.48 bits per heavy atom. The molecule has 0 atom stereocenters. The number of aromatic nitrogens is 2. The van der Waals surface area contributed by atoms with Crippen LogP contribution in [0, 0.1) is 12.7 Å². The van der Waals surface area contributed by atoms with Gasteiger partial charge < -0.3 is 9.80 Å². The SMILES string of the molecule is Cc1ccc(C(=O)N2CCN(c3cc(-c4ccccc4)[nH]n3)CC2)cc1F. The molecule has 1 aromatic heterocycles. The molecule has 6 heteroatoms. The Balaban J connectivity index is 1.41. The molecule has 0 saturated carbocycles. The van der Waals surface area contributed by atoms with E-state index in [1.807, 2.05) is 36.4 Å². The van der Waals surface area contributed by atoms with Gasteiger partial charge in [-0.05, 0) is 30.2 Å². The lowest BCUT2D eigenvalue weighted by Gasteiger charge is -2.34. The number of rotatable bonds is 3. The van der Waals surface area contributed by atoms with Crippen LogP contribution in [0.25, 0.3) is 11.3 Å². The lowest BCUT2D eigenvalue weighted by Crippen LogP contribution is -2.49. The first kappa shape index (κ1) is 17.3. The number of H-pyrrole nitrogens is 1. The lowest BCUT2D eigenvalue weighted by atomic mass is 10.1. The summed E-state index contributed by atoms with van der Waals surface area (Å²) in [5.74, 6) is 0.410. The highest BCUT2D eigenvalue weighted by Gasteiger charge is 2.24. The predicted molar refractivity (Wildman–Crippen MR) is 103 cm³/mol. The summed E-state index contributed by atoms with van der Waals surface area (Å²) in [4.78, 5) is 16.5. The molecule has 0 bridgehead atoms. The van der Waals surface area contributed by atoms with Crippen LogP contribution >= 0.6 is 0 Å². The average molecular weight is 364 g/mol. The van der Waals surface area contributed by atoms with E-state index >= 15 is 0 Å². The molecule has 3 aromatic rings. The second kappa shape index (κ2) is 7.23. The number of benzene rings is 2. The topological polar surface area (TPSA) is 52.2 Å². The molecule has 27 heavy (non-hydrogen) atoms. The van der Waals surface area contributed by atoms with Crippen molar-refractivity contribution in [3.8, 4) is 11.3 Å². The van der Waals surface area contributed by atoms with E-state index in [0.29, 0.717) is 37.3 Å². The number of carbonyl (C=O) groups is 1. The van der Waals surface area contributed by atoms with Crippen molar-refractivity contribution in [3.05, 3.63) is 71.5 Å². The summed E-state index contributed by atoms with van der Waals surface area (Å²) >= 11 is 0. The summed E-state index contributed by atoms with van der Waals surface area (Å²) in [6, 6.07) is 16.7. The molecule has 4 rings (SSSR count). The number of anilines is 1. The van der Waals surface area contributed by atoms with Gasteiger partial charge >= 0.3 is 0 Å². The summed E-state index contributed by atoms with van der Waals surface area (Å²) in [6.45, 7) is 4.25. The van der Waals surface area contributed by atoms with Gasteiger partial charge in [0.1, 0.15) is 5.82 Å². The molecule has 138 valence electrons. The molecule has 1 saturated heterocycles. The predicted octanol–water partition coefficient (Wildman–Crippen LogP) is 3.49. The number of aromatic amines is 1. The standard InChI is InChI=1S/C21H21FN4O/c1-15-7-8-17(13-18(15)22)21(27)26-11-9-25(10-12-26)20-14-19(23-24-20)16-5-3-2-4-6-16/h2-8,13-14H,9-12H2,1H3,(H,23,24). The largest absolute Gasteiger partial charge is 0.352 e. The van der Waals surface area contributed by atoms with E-state index in [0.717, 1.165) is 17.1 Å². The zero-order chi connectivity index (χ0) is 18.8. The number of hydrogen-bond acceptors (Lipinski definition) is 3. The van der Waals surface area contributed by atoms with Crippen molar-refractivity contribution >= 4 is 11.7 Å². The fraction of sp³-hybridized carbons (Fsp3) is 0.238. The van der Waals surface area contributed by atoms with Crippen LogP contribution in [0.4, 0.5) is 10.2 Å². The number of piperazine rings is 1. The first-order valence-corrected chi connectivity index (χ1v) is 9.03. The monoisotopic (exact) mass is 364 g/mol. The van der Waals surface area contributed by atoms with Gasteiger partial charge in [-0.25, -0.2) is 4.39 Å². The van der Waals surface area contributed by atoms with E-state index in [1.165, 1.54) is 6.07 Å². The molecule has 5 nitrogen and oxygen atoms in total. The normalized spacial score (nSPS) is 14.4. The Morgan fingerprint density at radius 1 is 1.04 bits per heavy atom. The third-order valence-corrected chi connectivity index (χ3v) is 4.96. The van der Waals surface area contributed by atoms with Crippen LogP contribution < -0.4 is 4.90 Å². The average Bonchev–Trinajstić information content (AvgIpc) is 3.21. The Morgan fingerprint density at radius 2 is 1.78 bits per heavy atom. The van der Waals surface area contributed by atoms with Crippen molar-refractivity contribution in [3.63, 3.8) is 0 Å². The third kappa shape index (κ3) is 3.56. The van der Waals surface area contributed by atoms with Crippen molar-refractivity contribution in [1.29, 1.82) is 0 Å². The zero-order valence-corrected chi connectivity index (χ0v) is 15.2. The van der Waals surface area contributed by atoms with Crippen LogP contribution in [0.3, 0.4) is 0 Å². The summed E-state index contributed by atoms with van der Waals surface area (Å²) in [7, 11) is 0. The van der Waals surface area contributed by atoms with Gasteiger partial charge in [-0.3, -0.25) is 9.89 Å². The number of hydrogen-bond donors (Lipinski definition) is 1. The van der Waals surface area contributed by atoms with Crippen LogP contribution in [0.5, 0.6) is 0 Å². The molecule has 1 aliphatic rings. The number of aryl methyl sites for hydroxylation is 1. The van der Waals surface area contributed by atoms with Gasteiger partial charge in [0.05, 0.1) is 5.69 Å². The van der Waals surface area contributed by atoms with Crippen molar-refractivity contribution in [2.45, 2.75) is 6.92 Å². The van der Waals surface area contributed by atoms with Crippen LogP contribution in [-0.2, 0) is 0 Å². The third-order valence-electron chi connectivity index (χ3n) is 4.96. The van der Waals surface area contributed by atoms with Gasteiger partial charge in [0, 0.05) is 37.8 Å². The molecular formula is C21H21FN4O. The molecule has 2 aromatic carbocycles. The maximum absolute atomic E-state index is 13.7. The van der Waals surface area contributed by atoms with Gasteiger partial charge in [0.15, 0.2) is 5.82 Å². The molecule has 2 heterocycles. The lowest BCUT2D eigenvalue weighted by molar-refractivity contribution is 0.0746. The summed E-state index contributed by atoms with van der Waals surface area (Å²) in [6.07, 6.45) is 0. The highest BCUT2D eigenvalue weighted by atomic mass is 19.1. The quantitative estimate of drug-likeness (QED) is 0.774. The van der Waals surface area contributed by atoms with Crippen molar-refractivity contribution in [1.82, 2.24) is 15.1 Å². The van der Waals surface area contributed by atoms with Crippen molar-refractivity contribution < 1.29 is 9.18 Å². The van der Waals surface area contributed by atoms with Gasteiger partial charge in [-0.15, -0.1) is 0 Å². The maximum Gasteiger partial charge on any atom is 0.254 e. The van der Waals surface area contributed by atoms with E-state index in [4.69, 9.17) is 0 Å². The molecular weight excluding hydrogens is 343 g/mol. The number of halogens is 1.